The maximum atomic E-state index is 2.16. The van der Waals surface area contributed by atoms with Gasteiger partial charge in [0.1, 0.15) is 0 Å². The normalized spacial score (nSPS) is 8.45. The van der Waals surface area contributed by atoms with Crippen molar-refractivity contribution >= 4 is 16.9 Å². The Kier molecular flexibility index (Phi) is 7.89. The molecule has 1 N–H and O–H groups in total. The molecule has 0 unspecified atom stereocenters. The van der Waals surface area contributed by atoms with Crippen LogP contribution in [-0.4, -0.2) is 54.1 Å². The van der Waals surface area contributed by atoms with Crippen LogP contribution in [0.2, 0.25) is 0 Å². The molecule has 0 saturated carbocycles. The summed E-state index contributed by atoms with van der Waals surface area (Å²) in [6.45, 7) is 2.16. The lowest BCUT2D eigenvalue weighted by molar-refractivity contribution is -0.466. The van der Waals surface area contributed by atoms with Gasteiger partial charge in [0.25, 0.3) is 0 Å². The van der Waals surface area contributed by atoms with E-state index in [2.05, 4.69) is 44.6 Å². The molecular weight excluding hydrogens is 160 g/mol. The van der Waals surface area contributed by atoms with Gasteiger partial charge < -0.3 is 5.48 Å². The van der Waals surface area contributed by atoms with Gasteiger partial charge in [0, 0.05) is 5.75 Å². The highest BCUT2D eigenvalue weighted by Gasteiger charge is 2.09. The molecule has 0 aliphatic heterocycles. The van der Waals surface area contributed by atoms with Gasteiger partial charge in [-0.05, 0) is 11.8 Å². The Morgan fingerprint density at radius 3 is 1.91 bits per heavy atom. The molecule has 0 aromatic carbocycles. The summed E-state index contributed by atoms with van der Waals surface area (Å²) in [6, 6.07) is 0. The number of rotatable bonds is 1. The number of nitrogens with zero attached hydrogens (tertiary/aromatic N) is 2. The molecule has 0 amide bonds. The third-order valence-corrected chi connectivity index (χ3v) is 2.32. The van der Waals surface area contributed by atoms with Crippen LogP contribution in [-0.2, 0) is 0 Å². The molecule has 0 rings (SSSR count). The fourth-order valence-electron chi connectivity index (χ4n) is 0.787. The Morgan fingerprint density at radius 1 is 1.36 bits per heavy atom. The lowest BCUT2D eigenvalue weighted by Gasteiger charge is -2.08. The van der Waals surface area contributed by atoms with Crippen LogP contribution in [0.4, 0.5) is 0 Å². The standard InChI is InChI=1S/C7H17N2S.H2O/c1-6-10-7(8(2)3)9(4)5;/h6H2,1-5H3;1H2/q+1;/p-1. The summed E-state index contributed by atoms with van der Waals surface area (Å²) in [5.41, 5.74) is 0. The van der Waals surface area contributed by atoms with Gasteiger partial charge in [-0.1, -0.05) is 6.92 Å². The van der Waals surface area contributed by atoms with Crippen molar-refractivity contribution in [2.45, 2.75) is 6.92 Å². The van der Waals surface area contributed by atoms with Gasteiger partial charge in [-0.25, -0.2) is 0 Å². The Hall–Kier alpha value is -0.220. The van der Waals surface area contributed by atoms with Gasteiger partial charge >= 0.3 is 5.17 Å². The van der Waals surface area contributed by atoms with Crippen molar-refractivity contribution in [2.75, 3.05) is 33.9 Å². The minimum absolute atomic E-state index is 0. The van der Waals surface area contributed by atoms with Crippen LogP contribution in [0.25, 0.3) is 0 Å². The molecule has 0 fully saturated rings. The van der Waals surface area contributed by atoms with Crippen molar-refractivity contribution in [3.63, 3.8) is 0 Å². The summed E-state index contributed by atoms with van der Waals surface area (Å²) in [7, 11) is 8.27. The molecule has 0 aliphatic rings. The predicted molar refractivity (Wildman–Crippen MR) is 50.9 cm³/mol. The third-order valence-electron chi connectivity index (χ3n) is 1.04. The molecule has 0 bridgehead atoms. The first-order valence-corrected chi connectivity index (χ1v) is 4.42. The van der Waals surface area contributed by atoms with Gasteiger partial charge in [-0.3, -0.25) is 9.48 Å². The van der Waals surface area contributed by atoms with Crippen molar-refractivity contribution in [2.24, 2.45) is 0 Å². The molecular formula is C7H18N2OS. The van der Waals surface area contributed by atoms with E-state index in [0.717, 1.165) is 5.75 Å². The van der Waals surface area contributed by atoms with E-state index in [9.17, 15) is 0 Å². The van der Waals surface area contributed by atoms with Gasteiger partial charge in [0.2, 0.25) is 0 Å². The first-order chi connectivity index (χ1) is 4.59. The van der Waals surface area contributed by atoms with Crippen LogP contribution < -0.4 is 0 Å². The van der Waals surface area contributed by atoms with Crippen molar-refractivity contribution in [3.05, 3.63) is 0 Å². The Labute approximate surface area is 73.4 Å². The van der Waals surface area contributed by atoms with Crippen LogP contribution >= 0.6 is 11.8 Å². The highest BCUT2D eigenvalue weighted by molar-refractivity contribution is 8.13. The van der Waals surface area contributed by atoms with Crippen molar-refractivity contribution in [3.8, 4) is 0 Å². The van der Waals surface area contributed by atoms with E-state index in [1.54, 1.807) is 0 Å². The van der Waals surface area contributed by atoms with Crippen LogP contribution in [0.15, 0.2) is 0 Å². The monoisotopic (exact) mass is 178 g/mol. The molecule has 11 heavy (non-hydrogen) atoms. The minimum atomic E-state index is 0. The largest absolute Gasteiger partial charge is 0.870 e. The molecule has 68 valence electrons. The van der Waals surface area contributed by atoms with Crippen LogP contribution in [0.3, 0.4) is 0 Å². The second-order valence-electron chi connectivity index (χ2n) is 2.50. The molecule has 0 aliphatic carbocycles. The Morgan fingerprint density at radius 2 is 1.82 bits per heavy atom. The van der Waals surface area contributed by atoms with E-state index in [1.165, 1.54) is 5.17 Å². The summed E-state index contributed by atoms with van der Waals surface area (Å²) in [4.78, 5) is 2.13. The Balaban J connectivity index is 0. The van der Waals surface area contributed by atoms with E-state index in [-0.39, 0.29) is 5.48 Å². The summed E-state index contributed by atoms with van der Waals surface area (Å²) in [6.07, 6.45) is 0. The molecule has 0 aromatic rings. The summed E-state index contributed by atoms with van der Waals surface area (Å²) < 4.78 is 2.13. The second-order valence-corrected chi connectivity index (χ2v) is 3.74. The molecule has 0 atom stereocenters. The average molecular weight is 178 g/mol. The number of amidine groups is 1. The molecule has 0 saturated heterocycles. The van der Waals surface area contributed by atoms with Gasteiger partial charge in [-0.15, -0.1) is 0 Å². The summed E-state index contributed by atoms with van der Waals surface area (Å²) in [5.74, 6) is 1.13. The smallest absolute Gasteiger partial charge is 0.307 e. The van der Waals surface area contributed by atoms with Crippen molar-refractivity contribution in [1.82, 2.24) is 4.90 Å². The molecule has 0 aromatic heterocycles. The molecule has 4 heteroatoms. The van der Waals surface area contributed by atoms with Crippen molar-refractivity contribution < 1.29 is 10.1 Å². The first-order valence-electron chi connectivity index (χ1n) is 3.44. The zero-order chi connectivity index (χ0) is 8.15. The van der Waals surface area contributed by atoms with E-state index >= 15 is 0 Å². The minimum Gasteiger partial charge on any atom is -0.870 e. The maximum absolute atomic E-state index is 2.16. The lowest BCUT2D eigenvalue weighted by atomic mass is 10.9. The number of thioether (sulfide) groups is 1. The topological polar surface area (TPSA) is 36.2 Å². The number of hydrogen-bond donors (Lipinski definition) is 0. The van der Waals surface area contributed by atoms with E-state index in [1.807, 2.05) is 11.8 Å². The van der Waals surface area contributed by atoms with Crippen LogP contribution in [0.5, 0.6) is 0 Å². The van der Waals surface area contributed by atoms with E-state index in [4.69, 9.17) is 0 Å². The lowest BCUT2D eigenvalue weighted by Crippen LogP contribution is -2.26. The fraction of sp³-hybridized carbons (Fsp3) is 0.857. The highest BCUT2D eigenvalue weighted by atomic mass is 32.2. The van der Waals surface area contributed by atoms with Gasteiger partial charge in [-0.2, -0.15) is 0 Å². The van der Waals surface area contributed by atoms with Gasteiger partial charge in [0.15, 0.2) is 0 Å². The third kappa shape index (κ3) is 5.09. The number of hydrogen-bond acceptors (Lipinski definition) is 2. The summed E-state index contributed by atoms with van der Waals surface area (Å²) >= 11 is 1.86. The SMILES string of the molecule is CCSC(N(C)C)=[N+](C)C.[OH-]. The molecule has 0 heterocycles. The van der Waals surface area contributed by atoms with E-state index < -0.39 is 0 Å². The van der Waals surface area contributed by atoms with Crippen LogP contribution in [0.1, 0.15) is 6.92 Å². The molecule has 3 nitrogen and oxygen atoms in total. The zero-order valence-electron chi connectivity index (χ0n) is 7.96. The molecule has 0 radical (unpaired) electrons. The molecule has 0 spiro atoms. The zero-order valence-corrected chi connectivity index (χ0v) is 8.77. The van der Waals surface area contributed by atoms with E-state index in [0.29, 0.717) is 0 Å². The highest BCUT2D eigenvalue weighted by Crippen LogP contribution is 2.03. The van der Waals surface area contributed by atoms with Crippen LogP contribution in [0, 0.1) is 0 Å². The van der Waals surface area contributed by atoms with Gasteiger partial charge in [0.05, 0.1) is 28.2 Å². The quantitative estimate of drug-likeness (QED) is 0.338. The second kappa shape index (κ2) is 6.49. The summed E-state index contributed by atoms with van der Waals surface area (Å²) in [5, 5.41) is 1.31. The fourth-order valence-corrected chi connectivity index (χ4v) is 1.56. The maximum Gasteiger partial charge on any atom is 0.307 e. The van der Waals surface area contributed by atoms with Crippen molar-refractivity contribution in [1.29, 1.82) is 0 Å². The average Bonchev–Trinajstić information content (AvgIpc) is 1.81. The predicted octanol–water partition coefficient (Wildman–Crippen LogP) is 0.752. The first kappa shape index (κ1) is 13.4. The Bertz CT molecular complexity index is 130.